The molecule has 2 N–H and O–H groups in total. The summed E-state index contributed by atoms with van der Waals surface area (Å²) in [7, 11) is 0. The molecule has 27 heavy (non-hydrogen) atoms. The van der Waals surface area contributed by atoms with Gasteiger partial charge >= 0.3 is 0 Å². The Kier molecular flexibility index (Phi) is 7.57. The number of carbonyl (C=O) groups is 1. The minimum Gasteiger partial charge on any atom is -0.378 e. The lowest BCUT2D eigenvalue weighted by Crippen LogP contribution is -2.34. The van der Waals surface area contributed by atoms with E-state index in [1.54, 1.807) is 5.48 Å². The summed E-state index contributed by atoms with van der Waals surface area (Å²) in [5.74, 6) is 0.951. The molecule has 1 aliphatic carbocycles. The second-order valence-corrected chi connectivity index (χ2v) is 9.64. The number of hydrogen-bond acceptors (Lipinski definition) is 4. The number of nitrogens with one attached hydrogen (secondary N) is 1. The molecule has 0 radical (unpaired) electrons. The van der Waals surface area contributed by atoms with E-state index in [1.165, 1.54) is 57.8 Å². The first-order valence-electron chi connectivity index (χ1n) is 11.2. The Morgan fingerprint density at radius 1 is 1.04 bits per heavy atom. The Bertz CT molecular complexity index is 475. The van der Waals surface area contributed by atoms with Crippen LogP contribution in [0.4, 0.5) is 0 Å². The van der Waals surface area contributed by atoms with Gasteiger partial charge < -0.3 is 9.47 Å². The summed E-state index contributed by atoms with van der Waals surface area (Å²) in [5.41, 5.74) is 1.29. The van der Waals surface area contributed by atoms with Crippen molar-refractivity contribution in [3.05, 3.63) is 0 Å². The van der Waals surface area contributed by atoms with Crippen molar-refractivity contribution < 1.29 is 19.5 Å². The quantitative estimate of drug-likeness (QED) is 0.329. The molecule has 1 saturated carbocycles. The van der Waals surface area contributed by atoms with Crippen LogP contribution in [0.5, 0.6) is 0 Å². The van der Waals surface area contributed by atoms with E-state index in [0.717, 1.165) is 25.9 Å². The van der Waals surface area contributed by atoms with Crippen molar-refractivity contribution >= 4 is 5.91 Å². The van der Waals surface area contributed by atoms with Crippen LogP contribution in [0.15, 0.2) is 0 Å². The van der Waals surface area contributed by atoms with Crippen molar-refractivity contribution in [3.8, 4) is 0 Å². The zero-order valence-corrected chi connectivity index (χ0v) is 17.3. The number of unbranched alkanes of at least 4 members (excludes halogenated alkanes) is 2. The lowest BCUT2D eigenvalue weighted by atomic mass is 9.76. The fourth-order valence-electron chi connectivity index (χ4n) is 5.37. The standard InChI is InChI=1S/C22H39NO4/c1-22(2,21(24)23-25)14-8-4-7-11-17-18(20-13-12-19(17)27-20)15-26-16-9-5-3-6-10-16/h16-20,25H,3-15H2,1-2H3,(H,23,24). The number of rotatable bonds is 10. The van der Waals surface area contributed by atoms with Crippen LogP contribution in [0.2, 0.25) is 0 Å². The van der Waals surface area contributed by atoms with Crippen LogP contribution in [-0.4, -0.2) is 36.0 Å². The van der Waals surface area contributed by atoms with Crippen LogP contribution in [0, 0.1) is 17.3 Å². The van der Waals surface area contributed by atoms with E-state index in [4.69, 9.17) is 14.7 Å². The zero-order valence-electron chi connectivity index (χ0n) is 17.3. The molecule has 0 aromatic rings. The smallest absolute Gasteiger partial charge is 0.248 e. The third-order valence-corrected chi connectivity index (χ3v) is 7.22. The van der Waals surface area contributed by atoms with E-state index in [1.807, 2.05) is 13.8 Å². The SMILES string of the molecule is CC(C)(CCCCCC1C2CCC(O2)C1COC1CCCCC1)C(=O)NO. The van der Waals surface area contributed by atoms with E-state index >= 15 is 0 Å². The first-order chi connectivity index (χ1) is 13.0. The van der Waals surface area contributed by atoms with Gasteiger partial charge in [0.05, 0.1) is 24.9 Å². The Balaban J connectivity index is 1.38. The number of ether oxygens (including phenoxy) is 2. The van der Waals surface area contributed by atoms with Gasteiger partial charge in [-0.15, -0.1) is 0 Å². The molecular formula is C22H39NO4. The molecule has 2 saturated heterocycles. The molecular weight excluding hydrogens is 342 g/mol. The van der Waals surface area contributed by atoms with Gasteiger partial charge in [0.15, 0.2) is 0 Å². The number of hydroxylamine groups is 1. The van der Waals surface area contributed by atoms with Crippen molar-refractivity contribution in [2.75, 3.05) is 6.61 Å². The van der Waals surface area contributed by atoms with E-state index in [0.29, 0.717) is 30.1 Å². The largest absolute Gasteiger partial charge is 0.378 e. The summed E-state index contributed by atoms with van der Waals surface area (Å²) in [4.78, 5) is 11.6. The fraction of sp³-hybridized carbons (Fsp3) is 0.955. The predicted molar refractivity (Wildman–Crippen MR) is 104 cm³/mol. The highest BCUT2D eigenvalue weighted by atomic mass is 16.5. The van der Waals surface area contributed by atoms with Gasteiger partial charge in [-0.2, -0.15) is 0 Å². The molecule has 1 amide bonds. The maximum Gasteiger partial charge on any atom is 0.248 e. The monoisotopic (exact) mass is 381 g/mol. The van der Waals surface area contributed by atoms with Crippen molar-refractivity contribution in [3.63, 3.8) is 0 Å². The average molecular weight is 382 g/mol. The molecule has 3 fully saturated rings. The lowest BCUT2D eigenvalue weighted by molar-refractivity contribution is -0.138. The Labute approximate surface area is 164 Å². The van der Waals surface area contributed by atoms with Crippen LogP contribution in [0.25, 0.3) is 0 Å². The maximum absolute atomic E-state index is 11.6. The Hall–Kier alpha value is -0.650. The minimum absolute atomic E-state index is 0.288. The maximum atomic E-state index is 11.6. The Morgan fingerprint density at radius 2 is 1.74 bits per heavy atom. The van der Waals surface area contributed by atoms with Crippen LogP contribution in [0.1, 0.15) is 90.9 Å². The van der Waals surface area contributed by atoms with Crippen LogP contribution < -0.4 is 5.48 Å². The van der Waals surface area contributed by atoms with Gasteiger partial charge in [-0.3, -0.25) is 10.0 Å². The van der Waals surface area contributed by atoms with Crippen LogP contribution in [-0.2, 0) is 14.3 Å². The highest BCUT2D eigenvalue weighted by molar-refractivity contribution is 5.80. The minimum atomic E-state index is -0.499. The van der Waals surface area contributed by atoms with Gasteiger partial charge in [-0.1, -0.05) is 52.4 Å². The molecule has 0 aromatic carbocycles. The third kappa shape index (κ3) is 5.45. The van der Waals surface area contributed by atoms with Crippen molar-refractivity contribution in [2.24, 2.45) is 17.3 Å². The van der Waals surface area contributed by atoms with Crippen molar-refractivity contribution in [2.45, 2.75) is 109 Å². The molecule has 2 heterocycles. The van der Waals surface area contributed by atoms with Gasteiger partial charge in [-0.05, 0) is 44.4 Å². The second kappa shape index (κ2) is 9.71. The van der Waals surface area contributed by atoms with Crippen LogP contribution in [0.3, 0.4) is 0 Å². The predicted octanol–water partition coefficient (Wildman–Crippen LogP) is 4.61. The second-order valence-electron chi connectivity index (χ2n) is 9.64. The topological polar surface area (TPSA) is 67.8 Å². The van der Waals surface area contributed by atoms with Crippen LogP contribution >= 0.6 is 0 Å². The normalized spacial score (nSPS) is 31.4. The molecule has 3 aliphatic rings. The highest BCUT2D eigenvalue weighted by Crippen LogP contribution is 2.46. The van der Waals surface area contributed by atoms with Gasteiger partial charge in [-0.25, -0.2) is 5.48 Å². The summed E-state index contributed by atoms with van der Waals surface area (Å²) < 4.78 is 12.5. The van der Waals surface area contributed by atoms with Crippen molar-refractivity contribution in [1.29, 1.82) is 0 Å². The number of hydrogen-bond donors (Lipinski definition) is 2. The fourth-order valence-corrected chi connectivity index (χ4v) is 5.37. The third-order valence-electron chi connectivity index (χ3n) is 7.22. The first-order valence-corrected chi connectivity index (χ1v) is 11.2. The van der Waals surface area contributed by atoms with Gasteiger partial charge in [0.1, 0.15) is 0 Å². The molecule has 0 spiro atoms. The van der Waals surface area contributed by atoms with Gasteiger partial charge in [0.2, 0.25) is 5.91 Å². The number of fused-ring (bicyclic) bond motifs is 2. The van der Waals surface area contributed by atoms with E-state index < -0.39 is 5.41 Å². The molecule has 4 unspecified atom stereocenters. The molecule has 2 aliphatic heterocycles. The lowest BCUT2D eigenvalue weighted by Gasteiger charge is -2.30. The average Bonchev–Trinajstić information content (AvgIpc) is 3.28. The number of carbonyl (C=O) groups excluding carboxylic acids is 1. The molecule has 5 heteroatoms. The van der Waals surface area contributed by atoms with Gasteiger partial charge in [0.25, 0.3) is 0 Å². The Morgan fingerprint density at radius 3 is 2.44 bits per heavy atom. The van der Waals surface area contributed by atoms with Gasteiger partial charge in [0, 0.05) is 11.3 Å². The van der Waals surface area contributed by atoms with E-state index in [9.17, 15) is 4.79 Å². The molecule has 0 aromatic heterocycles. The molecule has 2 bridgehead atoms. The van der Waals surface area contributed by atoms with E-state index in [2.05, 4.69) is 0 Å². The molecule has 156 valence electrons. The summed E-state index contributed by atoms with van der Waals surface area (Å²) in [6, 6.07) is 0. The summed E-state index contributed by atoms with van der Waals surface area (Å²) >= 11 is 0. The molecule has 4 atom stereocenters. The summed E-state index contributed by atoms with van der Waals surface area (Å²) in [6.45, 7) is 4.67. The molecule has 5 nitrogen and oxygen atoms in total. The van der Waals surface area contributed by atoms with Crippen molar-refractivity contribution in [1.82, 2.24) is 5.48 Å². The summed E-state index contributed by atoms with van der Waals surface area (Å²) in [6.07, 6.45) is 15.7. The zero-order chi connectivity index (χ0) is 19.3. The summed E-state index contributed by atoms with van der Waals surface area (Å²) in [5, 5.41) is 8.83. The molecule has 3 rings (SSSR count). The number of amides is 1. The highest BCUT2D eigenvalue weighted by Gasteiger charge is 2.48. The van der Waals surface area contributed by atoms with E-state index in [-0.39, 0.29) is 5.91 Å². The first kappa shape index (κ1) is 21.1.